The highest BCUT2D eigenvalue weighted by Gasteiger charge is 2.59. The van der Waals surface area contributed by atoms with E-state index in [9.17, 15) is 43.5 Å². The molecule has 6 heterocycles. The highest BCUT2D eigenvalue weighted by Crippen LogP contribution is 2.40. The summed E-state index contributed by atoms with van der Waals surface area (Å²) in [5.41, 5.74) is 4.92. The van der Waals surface area contributed by atoms with Crippen LogP contribution in [0.3, 0.4) is 0 Å². The van der Waals surface area contributed by atoms with Crippen molar-refractivity contribution in [1.82, 2.24) is 25.3 Å². The first kappa shape index (κ1) is 35.2. The van der Waals surface area contributed by atoms with Crippen LogP contribution in [0.25, 0.3) is 0 Å². The Morgan fingerprint density at radius 1 is 1.27 bits per heavy atom. The number of oxime groups is 1. The molecule has 22 heteroatoms. The summed E-state index contributed by atoms with van der Waals surface area (Å²) in [7, 11) is -1.82. The number of fused-ring (bicyclic) bond motifs is 3. The van der Waals surface area contributed by atoms with Crippen molar-refractivity contribution >= 4 is 68.3 Å². The number of nitrogens with one attached hydrogen (secondary N) is 2. The molecule has 0 radical (unpaired) electrons. The molecule has 2 aromatic heterocycles. The molecule has 3 saturated heterocycles. The normalized spacial score (nSPS) is 25.5. The number of phenolic OH excluding ortho intramolecular Hbond substituents is 2. The Morgan fingerprint density at radius 3 is 2.75 bits per heavy atom. The van der Waals surface area contributed by atoms with Crippen LogP contribution in [0.4, 0.5) is 5.13 Å². The summed E-state index contributed by atoms with van der Waals surface area (Å²) in [6, 6.07) is 2.06. The van der Waals surface area contributed by atoms with Crippen LogP contribution in [-0.2, 0) is 36.6 Å². The van der Waals surface area contributed by atoms with E-state index in [0.29, 0.717) is 36.1 Å². The number of carbonyl (C=O) groups excluding carboxylic acids is 3. The van der Waals surface area contributed by atoms with Crippen LogP contribution >= 0.6 is 22.9 Å². The first-order chi connectivity index (χ1) is 24.8. The number of phenols is 2. The molecule has 1 unspecified atom stereocenters. The zero-order valence-corrected chi connectivity index (χ0v) is 29.2. The average molecular weight is 778 g/mol. The maximum Gasteiger partial charge on any atom is 0.352 e. The van der Waals surface area contributed by atoms with E-state index in [1.807, 2.05) is 0 Å². The first-order valence-corrected chi connectivity index (χ1v) is 18.3. The number of nitrogens with zero attached hydrogens (tertiary/aromatic N) is 5. The lowest BCUT2D eigenvalue weighted by atomic mass is 10.0. The minimum absolute atomic E-state index is 0.0151. The van der Waals surface area contributed by atoms with Crippen LogP contribution in [0, 0.1) is 0 Å². The molecule has 5 atom stereocenters. The number of H-pyrrole nitrogens is 1. The van der Waals surface area contributed by atoms with Gasteiger partial charge in [-0.25, -0.2) is 9.78 Å². The van der Waals surface area contributed by atoms with Crippen LogP contribution in [0.1, 0.15) is 28.2 Å². The van der Waals surface area contributed by atoms with Gasteiger partial charge in [0.25, 0.3) is 23.3 Å². The number of aliphatic carboxylic acids is 1. The summed E-state index contributed by atoms with van der Waals surface area (Å²) in [5, 5.41) is 38.6. The number of aromatic hydroxyl groups is 2. The van der Waals surface area contributed by atoms with Gasteiger partial charge in [-0.05, 0) is 12.1 Å². The number of hydrogen-bond donors (Lipinski definition) is 6. The van der Waals surface area contributed by atoms with E-state index < -0.39 is 63.0 Å². The molecule has 4 aliphatic heterocycles. The number of piperazine rings is 1. The van der Waals surface area contributed by atoms with E-state index in [1.54, 1.807) is 4.90 Å². The minimum Gasteiger partial charge on any atom is -0.504 e. The third-order valence-electron chi connectivity index (χ3n) is 9.51. The van der Waals surface area contributed by atoms with Gasteiger partial charge in [-0.3, -0.25) is 28.3 Å². The Kier molecular flexibility index (Phi) is 9.05. The number of carboxylic acids is 1. The van der Waals surface area contributed by atoms with E-state index in [0.717, 1.165) is 22.3 Å². The Balaban J connectivity index is 1.06. The summed E-state index contributed by atoms with van der Waals surface area (Å²) < 4.78 is 19.0. The first-order valence-electron chi connectivity index (χ1n) is 15.7. The topological polar surface area (TPSA) is 271 Å². The van der Waals surface area contributed by atoms with Crippen LogP contribution in [0.5, 0.6) is 11.5 Å². The molecule has 7 rings (SSSR count). The molecule has 7 N–H and O–H groups in total. The number of rotatable bonds is 10. The predicted octanol–water partition coefficient (Wildman–Crippen LogP) is -0.509. The number of β-lactam (4-membered cyclic amide) rings is 1. The minimum atomic E-state index is -1.82. The molecule has 3 fully saturated rings. The summed E-state index contributed by atoms with van der Waals surface area (Å²) in [5.74, 6) is -4.62. The molecule has 274 valence electrons. The molecule has 0 spiro atoms. The molecule has 1 aromatic carbocycles. The highest BCUT2D eigenvalue weighted by atomic mass is 35.5. The Labute approximate surface area is 303 Å². The van der Waals surface area contributed by atoms with E-state index in [4.69, 9.17) is 26.7 Å². The van der Waals surface area contributed by atoms with Gasteiger partial charge in [-0.1, -0.05) is 16.8 Å². The van der Waals surface area contributed by atoms with E-state index in [2.05, 4.69) is 20.6 Å². The average Bonchev–Trinajstić information content (AvgIpc) is 3.82. The second-order valence-electron chi connectivity index (χ2n) is 12.7. The summed E-state index contributed by atoms with van der Waals surface area (Å²) >= 11 is 7.17. The maximum absolute atomic E-state index is 13.7. The predicted molar refractivity (Wildman–Crippen MR) is 181 cm³/mol. The highest BCUT2D eigenvalue weighted by molar-refractivity contribution is 7.86. The number of quaternary nitrogens is 1. The van der Waals surface area contributed by atoms with Gasteiger partial charge in [-0.2, -0.15) is 5.16 Å². The van der Waals surface area contributed by atoms with E-state index in [1.165, 1.54) is 17.5 Å². The van der Waals surface area contributed by atoms with Gasteiger partial charge < -0.3 is 45.1 Å². The zero-order valence-electron chi connectivity index (χ0n) is 26.8. The molecular weight excluding hydrogens is 748 g/mol. The number of nitrogens with two attached hydrogens (primary N) is 1. The molecule has 4 aliphatic rings. The van der Waals surface area contributed by atoms with Gasteiger partial charge in [0.15, 0.2) is 34.7 Å². The molecule has 0 aliphatic carbocycles. The van der Waals surface area contributed by atoms with Gasteiger partial charge in [0.1, 0.15) is 29.4 Å². The Bertz CT molecular complexity index is 2160. The molecule has 19 nitrogen and oxygen atoms in total. The van der Waals surface area contributed by atoms with Crippen LogP contribution < -0.4 is 16.6 Å². The van der Waals surface area contributed by atoms with Crippen molar-refractivity contribution < 1.29 is 52.6 Å². The summed E-state index contributed by atoms with van der Waals surface area (Å²) in [4.78, 5) is 76.2. The zero-order chi connectivity index (χ0) is 37.1. The van der Waals surface area contributed by atoms with Gasteiger partial charge >= 0.3 is 5.97 Å². The SMILES string of the molecule is Nc1nc(/C(=N/OCc2cc(=O)[nH]o2)C(=O)N[C@@H]2C(=O)N3C(C(=O)O)=C(C[N@@+]45CC[C@@H](C4)N(C(=O)c4ccc(O)c(O)c4Cl)CC5)CS(=O)[C@H]23)cs1. The number of aromatic amines is 1. The molecular formula is C30H30ClN8O11S2+. The van der Waals surface area contributed by atoms with E-state index in [-0.39, 0.29) is 70.1 Å². The number of nitrogen functional groups attached to an aromatic ring is 1. The van der Waals surface area contributed by atoms with Crippen molar-refractivity contribution in [2.75, 3.05) is 44.2 Å². The van der Waals surface area contributed by atoms with Crippen LogP contribution in [0.15, 0.2) is 49.3 Å². The lowest BCUT2D eigenvalue weighted by Crippen LogP contribution is -2.74. The third-order valence-corrected chi connectivity index (χ3v) is 12.2. The summed E-state index contributed by atoms with van der Waals surface area (Å²) in [6.45, 7) is 1.63. The molecule has 3 aromatic rings. The second-order valence-corrected chi connectivity index (χ2v) is 15.5. The van der Waals surface area contributed by atoms with E-state index >= 15 is 0 Å². The summed E-state index contributed by atoms with van der Waals surface area (Å²) in [6.07, 6.45) is 0.587. The fourth-order valence-corrected chi connectivity index (χ4v) is 9.58. The molecule has 52 heavy (non-hydrogen) atoms. The number of aromatic nitrogens is 2. The molecule has 0 saturated carbocycles. The number of benzene rings is 1. The largest absolute Gasteiger partial charge is 0.504 e. The lowest BCUT2D eigenvalue weighted by Gasteiger charge is -2.50. The molecule has 2 bridgehead atoms. The number of carboxylic acid groups (broad SMARTS) is 1. The van der Waals surface area contributed by atoms with Gasteiger partial charge in [0.2, 0.25) is 0 Å². The fraction of sp³-hybridized carbons (Fsp3) is 0.367. The smallest absolute Gasteiger partial charge is 0.352 e. The van der Waals surface area contributed by atoms with Crippen molar-refractivity contribution in [3.63, 3.8) is 0 Å². The van der Waals surface area contributed by atoms with Crippen LogP contribution in [0.2, 0.25) is 5.02 Å². The fourth-order valence-electron chi connectivity index (χ4n) is 7.12. The van der Waals surface area contributed by atoms with Gasteiger partial charge in [0.05, 0.1) is 65.4 Å². The van der Waals surface area contributed by atoms with Gasteiger partial charge in [-0.15, -0.1) is 11.3 Å². The number of carbonyl (C=O) groups is 4. The van der Waals surface area contributed by atoms with Gasteiger partial charge in [0, 0.05) is 17.4 Å². The monoisotopic (exact) mass is 777 g/mol. The number of thiazole rings is 1. The van der Waals surface area contributed by atoms with Crippen molar-refractivity contribution in [2.45, 2.75) is 30.5 Å². The Morgan fingerprint density at radius 2 is 2.06 bits per heavy atom. The standard InChI is InChI=1S/C30H29ClN8O11S2/c31-20-16(1-2-18(40)24(20)42)26(44)37-4-6-39(5-3-14(37)9-39)8-13-12-52(48)28-22(27(45)38(28)23(13)29(46)47)34-25(43)21(17-11-51-30(32)33-17)36-49-10-15-7-19(41)35-50-15/h1-2,7,11,14,22,28H,3-6,8-10,12H2,(H6-,32,33,34,35,36,40,41,42,43,44,46,47)/p+1/t14-,22+,28+,39-,52?/m0/s1. The third kappa shape index (κ3) is 6.18. The maximum atomic E-state index is 13.7. The number of anilines is 1. The molecule has 3 amide bonds. The lowest BCUT2D eigenvalue weighted by molar-refractivity contribution is -0.916. The number of amides is 3. The quantitative estimate of drug-likeness (QED) is 0.0499. The second kappa shape index (κ2) is 13.4. The number of hydrogen-bond acceptors (Lipinski definition) is 14. The van der Waals surface area contributed by atoms with Crippen molar-refractivity contribution in [3.8, 4) is 11.5 Å². The Hall–Kier alpha value is -5.25. The van der Waals surface area contributed by atoms with Crippen molar-refractivity contribution in [1.29, 1.82) is 0 Å². The van der Waals surface area contributed by atoms with Crippen molar-refractivity contribution in [3.05, 3.63) is 67.2 Å². The number of halogens is 1. The van der Waals surface area contributed by atoms with Crippen LogP contribution in [-0.4, -0.2) is 129 Å². The van der Waals surface area contributed by atoms with Crippen molar-refractivity contribution in [2.24, 2.45) is 5.16 Å².